The van der Waals surface area contributed by atoms with Gasteiger partial charge in [-0.05, 0) is 0 Å². The monoisotopic (exact) mass is 923 g/mol. The summed E-state index contributed by atoms with van der Waals surface area (Å²) in [7, 11) is 0. The number of nitrogens with one attached hydrogen (secondary N) is 1. The Morgan fingerprint density at radius 2 is 0.688 bits per heavy atom. The zero-order valence-electron chi connectivity index (χ0n) is 36.5. The van der Waals surface area contributed by atoms with Gasteiger partial charge in [0.25, 0.3) is 0 Å². The van der Waals surface area contributed by atoms with Crippen LogP contribution in [-0.2, 0) is 114 Å². The molecule has 3 heterocycles. The number of rotatable bonds is 17. The second kappa shape index (κ2) is 23.9. The molecule has 0 aromatic rings. The molecule has 2 N–H and O–H groups in total. The molecule has 0 unspecified atom stereocenters. The lowest BCUT2D eigenvalue weighted by molar-refractivity contribution is -0.374. The maximum atomic E-state index is 12.9. The number of carbonyl (C=O) groups excluding carboxylic acids is 10. The number of ether oxygens (including phenoxy) is 14. The van der Waals surface area contributed by atoms with Crippen molar-refractivity contribution >= 4 is 59.6 Å². The van der Waals surface area contributed by atoms with Gasteiger partial charge in [0, 0.05) is 69.2 Å². The van der Waals surface area contributed by atoms with Crippen LogP contribution < -0.4 is 5.32 Å². The Labute approximate surface area is 365 Å². The summed E-state index contributed by atoms with van der Waals surface area (Å²) in [6, 6.07) is -1.56. The lowest BCUT2D eigenvalue weighted by Gasteiger charge is -2.50. The Morgan fingerprint density at radius 3 is 1.05 bits per heavy atom. The molecule has 0 bridgehead atoms. The van der Waals surface area contributed by atoms with Gasteiger partial charge in [0.15, 0.2) is 55.5 Å². The van der Waals surface area contributed by atoms with Crippen LogP contribution in [0.5, 0.6) is 0 Å². The van der Waals surface area contributed by atoms with E-state index in [0.717, 1.165) is 69.2 Å². The number of amides is 1. The third-order valence-electron chi connectivity index (χ3n) is 8.97. The fraction of sp³-hybridized carbons (Fsp3) is 0.737. The summed E-state index contributed by atoms with van der Waals surface area (Å²) in [6.45, 7) is 7.89. The van der Waals surface area contributed by atoms with Crippen LogP contribution in [0.2, 0.25) is 0 Å². The van der Waals surface area contributed by atoms with Crippen molar-refractivity contribution in [3.8, 4) is 0 Å². The molecule has 3 aliphatic rings. The molecule has 3 aliphatic heterocycles. The molecular weight excluding hydrogens is 870 g/mol. The van der Waals surface area contributed by atoms with Crippen molar-refractivity contribution in [2.75, 3.05) is 19.8 Å². The Balaban J connectivity index is 2.28. The van der Waals surface area contributed by atoms with Gasteiger partial charge in [-0.25, -0.2) is 0 Å². The van der Waals surface area contributed by atoms with Crippen molar-refractivity contribution in [2.24, 2.45) is 0 Å². The molecule has 3 saturated heterocycles. The van der Waals surface area contributed by atoms with Crippen LogP contribution in [0, 0.1) is 0 Å². The average molecular weight is 924 g/mol. The molecule has 0 radical (unpaired) electrons. The molecule has 0 aromatic heterocycles. The largest absolute Gasteiger partial charge is 0.463 e. The normalized spacial score (nSPS) is 32.3. The lowest BCUT2D eigenvalue weighted by atomic mass is 9.94. The number of esters is 9. The van der Waals surface area contributed by atoms with Crippen LogP contribution in [0.4, 0.5) is 0 Å². The Hall–Kier alpha value is -5.54. The van der Waals surface area contributed by atoms with Crippen LogP contribution >= 0.6 is 0 Å². The molecule has 0 aliphatic carbocycles. The summed E-state index contributed by atoms with van der Waals surface area (Å²) in [4.78, 5) is 124. The van der Waals surface area contributed by atoms with E-state index in [4.69, 9.17) is 66.3 Å². The van der Waals surface area contributed by atoms with Crippen LogP contribution in [0.15, 0.2) is 0 Å². The summed E-state index contributed by atoms with van der Waals surface area (Å²) in [6.07, 6.45) is -25.0. The zero-order valence-corrected chi connectivity index (χ0v) is 36.5. The summed E-state index contributed by atoms with van der Waals surface area (Å²) >= 11 is 0. The second-order valence-corrected chi connectivity index (χ2v) is 14.4. The van der Waals surface area contributed by atoms with Gasteiger partial charge in [0.05, 0.1) is 0 Å². The Kier molecular flexibility index (Phi) is 19.8. The third-order valence-corrected chi connectivity index (χ3v) is 8.97. The smallest absolute Gasteiger partial charge is 0.303 e. The minimum Gasteiger partial charge on any atom is -0.463 e. The first-order valence-electron chi connectivity index (χ1n) is 19.5. The first-order chi connectivity index (χ1) is 29.9. The van der Waals surface area contributed by atoms with Crippen molar-refractivity contribution in [3.63, 3.8) is 0 Å². The van der Waals surface area contributed by atoms with Gasteiger partial charge in [-0.3, -0.25) is 47.9 Å². The fourth-order valence-corrected chi connectivity index (χ4v) is 6.87. The molecule has 0 spiro atoms. The van der Waals surface area contributed by atoms with E-state index in [0.29, 0.717) is 0 Å². The highest BCUT2D eigenvalue weighted by atomic mass is 16.8. The van der Waals surface area contributed by atoms with Crippen molar-refractivity contribution in [3.05, 3.63) is 0 Å². The summed E-state index contributed by atoms with van der Waals surface area (Å²) in [5, 5.41) is 13.3. The van der Waals surface area contributed by atoms with E-state index in [1.54, 1.807) is 0 Å². The summed E-state index contributed by atoms with van der Waals surface area (Å²) in [5.74, 6) is -9.25. The van der Waals surface area contributed by atoms with E-state index in [9.17, 15) is 53.1 Å². The molecule has 360 valence electrons. The van der Waals surface area contributed by atoms with Gasteiger partial charge in [-0.1, -0.05) is 0 Å². The molecule has 1 amide bonds. The molecule has 15 atom stereocenters. The number of hydrogen-bond acceptors (Lipinski definition) is 25. The topological polar surface area (TPSA) is 332 Å². The van der Waals surface area contributed by atoms with Crippen molar-refractivity contribution in [1.82, 2.24) is 5.32 Å². The minimum atomic E-state index is -2.00. The van der Waals surface area contributed by atoms with E-state index < -0.39 is 172 Å². The minimum absolute atomic E-state index is 0.675. The molecule has 3 fully saturated rings. The molecule has 26 heteroatoms. The Bertz CT molecular complexity index is 1740. The highest BCUT2D eigenvalue weighted by Crippen LogP contribution is 2.37. The molecule has 64 heavy (non-hydrogen) atoms. The van der Waals surface area contributed by atoms with E-state index in [2.05, 4.69) is 5.32 Å². The number of carbonyl (C=O) groups is 10. The summed E-state index contributed by atoms with van der Waals surface area (Å²) < 4.78 is 79.3. The van der Waals surface area contributed by atoms with Crippen LogP contribution in [-0.4, -0.2) is 177 Å². The van der Waals surface area contributed by atoms with Crippen LogP contribution in [0.3, 0.4) is 0 Å². The average Bonchev–Trinajstić information content (AvgIpc) is 3.15. The highest BCUT2D eigenvalue weighted by Gasteiger charge is 2.59. The van der Waals surface area contributed by atoms with Gasteiger partial charge in [-0.15, -0.1) is 0 Å². The maximum Gasteiger partial charge on any atom is 0.303 e. The van der Waals surface area contributed by atoms with Gasteiger partial charge in [0.1, 0.15) is 56.4 Å². The quantitative estimate of drug-likeness (QED) is 0.114. The number of aliphatic hydroxyl groups excluding tert-OH is 1. The molecule has 26 nitrogen and oxygen atoms in total. The predicted octanol–water partition coefficient (Wildman–Crippen LogP) is -2.29. The molecule has 0 aromatic carbocycles. The zero-order chi connectivity index (χ0) is 48.2. The third kappa shape index (κ3) is 15.6. The first-order valence-corrected chi connectivity index (χ1v) is 19.5. The molecular formula is C38H53NO25. The predicted molar refractivity (Wildman–Crippen MR) is 199 cm³/mol. The van der Waals surface area contributed by atoms with Gasteiger partial charge in [-0.2, -0.15) is 0 Å². The van der Waals surface area contributed by atoms with Crippen molar-refractivity contribution in [2.45, 2.75) is 161 Å². The number of aliphatic hydroxyl groups is 1. The van der Waals surface area contributed by atoms with E-state index in [1.807, 2.05) is 0 Å². The lowest BCUT2D eigenvalue weighted by Crippen LogP contribution is -2.69. The highest BCUT2D eigenvalue weighted by molar-refractivity contribution is 5.74. The maximum absolute atomic E-state index is 12.9. The standard InChI is InChI=1S/C38H53NO25/c1-14(40)39-27-31(55-19(6)45)28(24(60-36(27)50)11-51-15(2)41)63-37-35(59-23(10)49)33(57-21(8)47)30(26(62-37)13-53-17(4)43)64-38-34(58-22(9)48)32(56-20(7)46)29(54-18(5)44)25(61-38)12-52-16(3)42/h24-38,50H,11-13H2,1-10H3,(H,39,40)/t24-,25-,26-,27-,28-,29+,30+,31-,32+,33+,34-,35-,36-,37+,38-/m1/s1. The van der Waals surface area contributed by atoms with E-state index in [1.165, 1.54) is 0 Å². The summed E-state index contributed by atoms with van der Waals surface area (Å²) in [5.41, 5.74) is 0. The molecule has 0 saturated carbocycles. The second-order valence-electron chi connectivity index (χ2n) is 14.4. The first kappa shape index (κ1) is 52.8. The van der Waals surface area contributed by atoms with E-state index >= 15 is 0 Å². The van der Waals surface area contributed by atoms with Crippen LogP contribution in [0.25, 0.3) is 0 Å². The van der Waals surface area contributed by atoms with Crippen LogP contribution in [0.1, 0.15) is 69.2 Å². The molecule has 3 rings (SSSR count). The van der Waals surface area contributed by atoms with Crippen molar-refractivity contribution in [1.29, 1.82) is 0 Å². The SMILES string of the molecule is CC(=O)N[C@@H]1[C@@H](OC(C)=O)[C@H](O[C@@H]2O[C@H](COC(C)=O)[C@H](O[C@H]3O[C@H](COC(C)=O)[C@H](OC(C)=O)[C@H](OC(C)=O)[C@H]3OC(C)=O)[C@H](OC(C)=O)[C@H]2OC(C)=O)[C@@H](COC(C)=O)O[C@H]1O. The van der Waals surface area contributed by atoms with Gasteiger partial charge < -0.3 is 76.7 Å². The van der Waals surface area contributed by atoms with E-state index in [-0.39, 0.29) is 0 Å². The fourth-order valence-electron chi connectivity index (χ4n) is 6.87. The van der Waals surface area contributed by atoms with Crippen molar-refractivity contribution < 1.29 is 119 Å². The van der Waals surface area contributed by atoms with Gasteiger partial charge >= 0.3 is 53.7 Å². The number of hydrogen-bond donors (Lipinski definition) is 2. The van der Waals surface area contributed by atoms with Gasteiger partial charge in [0.2, 0.25) is 5.91 Å². The Morgan fingerprint density at radius 1 is 0.391 bits per heavy atom.